The van der Waals surface area contributed by atoms with Gasteiger partial charge in [-0.15, -0.1) is 0 Å². The van der Waals surface area contributed by atoms with E-state index in [1.807, 2.05) is 0 Å². The standard InChI is InChI=1S/C97H190O17P2/c1-7-11-13-15-17-19-21-22-23-24-25-26-27-35-40-45-51-57-63-69-75-81-96(101)113-92(85-107-94(99)79-73-67-61-55-47-20-18-16-14-12-8-2)87-111-115(103,104)109-83-91(98)84-110-116(105,106)112-88-93(114-97(102)82-76-70-64-58-52-46-41-36-31-29-33-38-43-49-54-60-66-72-78-90(6)10-4)86-108-95(100)80-74-68-62-56-50-44-39-34-30-28-32-37-42-48-53-59-65-71-77-89(5)9-3/h89-93,98H,7-88H2,1-6H3,(H,103,104)(H,105,106)/t89?,90?,91-,92+,93+/m0/s1. The van der Waals surface area contributed by atoms with Crippen molar-refractivity contribution in [3.63, 3.8) is 0 Å². The van der Waals surface area contributed by atoms with Gasteiger partial charge in [-0.3, -0.25) is 37.3 Å². The number of esters is 4. The summed E-state index contributed by atoms with van der Waals surface area (Å²) < 4.78 is 69.2. The fraction of sp³-hybridized carbons (Fsp3) is 0.959. The van der Waals surface area contributed by atoms with Gasteiger partial charge < -0.3 is 33.8 Å². The summed E-state index contributed by atoms with van der Waals surface area (Å²) in [5, 5.41) is 10.7. The van der Waals surface area contributed by atoms with E-state index in [4.69, 9.17) is 37.0 Å². The van der Waals surface area contributed by atoms with Gasteiger partial charge in [-0.25, -0.2) is 9.13 Å². The molecular formula is C97H190O17P2. The van der Waals surface area contributed by atoms with E-state index in [1.54, 1.807) is 0 Å². The van der Waals surface area contributed by atoms with Crippen LogP contribution in [0, 0.1) is 11.8 Å². The summed E-state index contributed by atoms with van der Waals surface area (Å²) in [4.78, 5) is 73.6. The average molecular weight is 1690 g/mol. The molecule has 0 rings (SSSR count). The van der Waals surface area contributed by atoms with Crippen LogP contribution in [-0.2, 0) is 65.4 Å². The summed E-state index contributed by atoms with van der Waals surface area (Å²) in [5.41, 5.74) is 0. The number of carbonyl (C=O) groups is 4. The van der Waals surface area contributed by atoms with Crippen molar-refractivity contribution in [1.29, 1.82) is 0 Å². The van der Waals surface area contributed by atoms with Crippen LogP contribution in [0.25, 0.3) is 0 Å². The predicted octanol–water partition coefficient (Wildman–Crippen LogP) is 30.5. The Balaban J connectivity index is 5.22. The van der Waals surface area contributed by atoms with Gasteiger partial charge in [0.15, 0.2) is 12.2 Å². The number of aliphatic hydroxyl groups is 1. The number of aliphatic hydroxyl groups excluding tert-OH is 1. The molecule has 0 radical (unpaired) electrons. The highest BCUT2D eigenvalue weighted by atomic mass is 31.2. The number of phosphoric ester groups is 2. The maximum Gasteiger partial charge on any atom is 0.472 e. The molecule has 19 heteroatoms. The summed E-state index contributed by atoms with van der Waals surface area (Å²) in [5.74, 6) is -0.344. The third-order valence-corrected chi connectivity index (χ3v) is 25.6. The van der Waals surface area contributed by atoms with Gasteiger partial charge in [0.2, 0.25) is 0 Å². The molecule has 0 saturated carbocycles. The number of unbranched alkanes of at least 4 members (excludes halogenated alkanes) is 64. The molecule has 17 nitrogen and oxygen atoms in total. The first-order valence-electron chi connectivity index (χ1n) is 50.1. The Morgan fingerprint density at radius 1 is 0.241 bits per heavy atom. The van der Waals surface area contributed by atoms with Crippen LogP contribution in [0.15, 0.2) is 0 Å². The molecule has 116 heavy (non-hydrogen) atoms. The average Bonchev–Trinajstić information content (AvgIpc) is 0.890. The van der Waals surface area contributed by atoms with Crippen molar-refractivity contribution in [3.05, 3.63) is 0 Å². The van der Waals surface area contributed by atoms with Crippen LogP contribution >= 0.6 is 15.6 Å². The number of hydrogen-bond donors (Lipinski definition) is 3. The first-order chi connectivity index (χ1) is 56.4. The molecule has 0 amide bonds. The largest absolute Gasteiger partial charge is 0.472 e. The van der Waals surface area contributed by atoms with Gasteiger partial charge in [0.25, 0.3) is 0 Å². The molecule has 0 saturated heterocycles. The highest BCUT2D eigenvalue weighted by molar-refractivity contribution is 7.47. The molecule has 0 fully saturated rings. The minimum atomic E-state index is -4.97. The molecule has 0 heterocycles. The van der Waals surface area contributed by atoms with E-state index in [0.29, 0.717) is 25.7 Å². The molecule has 4 unspecified atom stereocenters. The first-order valence-corrected chi connectivity index (χ1v) is 53.1. The summed E-state index contributed by atoms with van der Waals surface area (Å²) >= 11 is 0. The predicted molar refractivity (Wildman–Crippen MR) is 483 cm³/mol. The maximum atomic E-state index is 13.2. The van der Waals surface area contributed by atoms with E-state index in [2.05, 4.69) is 41.5 Å². The van der Waals surface area contributed by atoms with Crippen molar-refractivity contribution in [1.82, 2.24) is 0 Å². The molecule has 0 aliphatic heterocycles. The van der Waals surface area contributed by atoms with Gasteiger partial charge in [0, 0.05) is 25.7 Å². The molecule has 0 aromatic carbocycles. The topological polar surface area (TPSA) is 237 Å². The lowest BCUT2D eigenvalue weighted by Gasteiger charge is -2.21. The summed E-state index contributed by atoms with van der Waals surface area (Å²) in [7, 11) is -9.94. The van der Waals surface area contributed by atoms with Gasteiger partial charge >= 0.3 is 39.5 Å². The molecule has 0 aliphatic carbocycles. The van der Waals surface area contributed by atoms with E-state index < -0.39 is 97.5 Å². The van der Waals surface area contributed by atoms with Crippen molar-refractivity contribution >= 4 is 39.5 Å². The van der Waals surface area contributed by atoms with Gasteiger partial charge in [-0.1, -0.05) is 478 Å². The van der Waals surface area contributed by atoms with Crippen LogP contribution in [0.4, 0.5) is 0 Å². The van der Waals surface area contributed by atoms with Crippen molar-refractivity contribution < 1.29 is 80.2 Å². The summed E-state index contributed by atoms with van der Waals surface area (Å²) in [6.45, 7) is 9.87. The molecule has 3 N–H and O–H groups in total. The Bertz CT molecular complexity index is 2210. The Hall–Kier alpha value is -1.94. The number of carbonyl (C=O) groups excluding carboxylic acids is 4. The Labute approximate surface area is 715 Å². The number of phosphoric acid groups is 2. The summed E-state index contributed by atoms with van der Waals surface area (Å²) in [6.07, 6.45) is 84.8. The molecule has 0 bridgehead atoms. The van der Waals surface area contributed by atoms with Crippen LogP contribution in [0.5, 0.6) is 0 Å². The summed E-state index contributed by atoms with van der Waals surface area (Å²) in [6, 6.07) is 0. The molecule has 0 aromatic heterocycles. The van der Waals surface area contributed by atoms with Crippen LogP contribution in [0.1, 0.15) is 530 Å². The van der Waals surface area contributed by atoms with Crippen LogP contribution in [0.2, 0.25) is 0 Å². The SMILES string of the molecule is CCCCCCCCCCCCCCCCCCCCCCCC(=O)O[C@H](COC(=O)CCCCCCCCCCCCC)COP(=O)(O)OC[C@H](O)COP(=O)(O)OC[C@@H](COC(=O)CCCCCCCCCCCCCCCCCCCCC(C)CC)OC(=O)CCCCCCCCCCCCCCCCCCCCC(C)CC. The lowest BCUT2D eigenvalue weighted by molar-refractivity contribution is -0.161. The molecule has 0 spiro atoms. The minimum absolute atomic E-state index is 0.109. The first kappa shape index (κ1) is 114. The minimum Gasteiger partial charge on any atom is -0.462 e. The van der Waals surface area contributed by atoms with E-state index in [1.165, 1.54) is 347 Å². The van der Waals surface area contributed by atoms with Crippen LogP contribution in [-0.4, -0.2) is 96.7 Å². The second kappa shape index (κ2) is 87.9. The van der Waals surface area contributed by atoms with Gasteiger partial charge in [0.1, 0.15) is 19.3 Å². The Morgan fingerprint density at radius 3 is 0.612 bits per heavy atom. The Morgan fingerprint density at radius 2 is 0.414 bits per heavy atom. The fourth-order valence-electron chi connectivity index (χ4n) is 15.3. The highest BCUT2D eigenvalue weighted by Crippen LogP contribution is 2.45. The third kappa shape index (κ3) is 87.0. The van der Waals surface area contributed by atoms with E-state index in [-0.39, 0.29) is 25.7 Å². The van der Waals surface area contributed by atoms with E-state index in [9.17, 15) is 43.2 Å². The lowest BCUT2D eigenvalue weighted by Crippen LogP contribution is -2.30. The van der Waals surface area contributed by atoms with Crippen molar-refractivity contribution in [2.45, 2.75) is 548 Å². The van der Waals surface area contributed by atoms with Crippen LogP contribution < -0.4 is 0 Å². The molecule has 0 aromatic rings. The van der Waals surface area contributed by atoms with Crippen molar-refractivity contribution in [2.24, 2.45) is 11.8 Å². The third-order valence-electron chi connectivity index (χ3n) is 23.7. The molecule has 7 atom stereocenters. The number of hydrogen-bond acceptors (Lipinski definition) is 15. The normalized spacial score (nSPS) is 14.1. The maximum absolute atomic E-state index is 13.2. The van der Waals surface area contributed by atoms with Gasteiger partial charge in [-0.2, -0.15) is 0 Å². The van der Waals surface area contributed by atoms with Crippen LogP contribution in [0.3, 0.4) is 0 Å². The smallest absolute Gasteiger partial charge is 0.462 e. The molecule has 0 aliphatic rings. The van der Waals surface area contributed by atoms with Crippen molar-refractivity contribution in [3.8, 4) is 0 Å². The molecule has 690 valence electrons. The fourth-order valence-corrected chi connectivity index (χ4v) is 16.9. The van der Waals surface area contributed by atoms with Crippen molar-refractivity contribution in [2.75, 3.05) is 39.6 Å². The van der Waals surface area contributed by atoms with Gasteiger partial charge in [-0.05, 0) is 37.5 Å². The van der Waals surface area contributed by atoms with E-state index >= 15 is 0 Å². The van der Waals surface area contributed by atoms with E-state index in [0.717, 1.165) is 102 Å². The zero-order valence-corrected chi connectivity index (χ0v) is 78.6. The number of rotatable bonds is 96. The molecular weight excluding hydrogens is 1500 g/mol. The quantitative estimate of drug-likeness (QED) is 0.0222. The monoisotopic (exact) mass is 1690 g/mol. The zero-order chi connectivity index (χ0) is 84.8. The lowest BCUT2D eigenvalue weighted by atomic mass is 9.99. The van der Waals surface area contributed by atoms with Gasteiger partial charge in [0.05, 0.1) is 26.4 Å². The number of ether oxygens (including phenoxy) is 4. The Kier molecular flexibility index (Phi) is 86.5. The second-order valence-electron chi connectivity index (χ2n) is 35.3. The highest BCUT2D eigenvalue weighted by Gasteiger charge is 2.31. The second-order valence-corrected chi connectivity index (χ2v) is 38.2. The zero-order valence-electron chi connectivity index (χ0n) is 76.8.